The summed E-state index contributed by atoms with van der Waals surface area (Å²) in [5.74, 6) is -4.26. The van der Waals surface area contributed by atoms with Gasteiger partial charge in [-0.1, -0.05) is 43.3 Å². The van der Waals surface area contributed by atoms with Crippen molar-refractivity contribution < 1.29 is 95.8 Å². The summed E-state index contributed by atoms with van der Waals surface area (Å²) in [6, 6.07) is 14.3. The SMILES string of the molecule is C=N/C(C)=C(O)\C(CO)=C(/C)CO[PH](=O)N[C@@H](Cc1ccc(OCc2ccccc2)cc1CC(C)OC(=O)[C@@H](N[PH](=O)OCc1cnc(C)c(O)c1CO)C1CCC(c2c(OP(=O)(N[C@@H](C)C(=O)OC(C)C)OCC3CN=C(C)C(O)=C3CO)ccc(I)c2CC)C1)C(=O)OC(C)C. The van der Waals surface area contributed by atoms with Crippen molar-refractivity contribution in [1.82, 2.24) is 20.2 Å². The molecule has 0 spiro atoms. The zero-order valence-corrected chi connectivity index (χ0v) is 62.3. The molecule has 98 heavy (non-hydrogen) atoms. The first-order valence-electron chi connectivity index (χ1n) is 32.3. The number of aliphatic hydroxyl groups excluding tert-OH is 5. The van der Waals surface area contributed by atoms with Gasteiger partial charge in [0, 0.05) is 56.5 Å². The number of nitrogens with zero attached hydrogens (tertiary/aromatic N) is 3. The molecule has 1 aromatic heterocycles. The molecule has 538 valence electrons. The van der Waals surface area contributed by atoms with Crippen molar-refractivity contribution in [3.63, 3.8) is 0 Å². The molecular weight excluding hydrogens is 1440 g/mol. The fourth-order valence-corrected chi connectivity index (χ4v) is 15.6. The Morgan fingerprint density at radius 2 is 1.52 bits per heavy atom. The Labute approximate surface area is 587 Å². The highest BCUT2D eigenvalue weighted by atomic mass is 127. The molecule has 6 rings (SSSR count). The third-order valence-electron chi connectivity index (χ3n) is 16.6. The van der Waals surface area contributed by atoms with Crippen molar-refractivity contribution in [2.75, 3.05) is 33.0 Å². The summed E-state index contributed by atoms with van der Waals surface area (Å²) in [6.07, 6.45) is 0.728. The van der Waals surface area contributed by atoms with Crippen molar-refractivity contribution in [2.45, 2.75) is 177 Å². The number of halogens is 1. The lowest BCUT2D eigenvalue weighted by atomic mass is 9.89. The van der Waals surface area contributed by atoms with Crippen LogP contribution in [0.4, 0.5) is 0 Å². The molecule has 1 saturated carbocycles. The first-order chi connectivity index (χ1) is 46.5. The largest absolute Gasteiger partial charge is 0.506 e. The van der Waals surface area contributed by atoms with Crippen LogP contribution in [0.25, 0.3) is 0 Å². The number of nitrogens with one attached hydrogen (secondary N) is 3. The van der Waals surface area contributed by atoms with Crippen molar-refractivity contribution >= 4 is 77.0 Å². The number of aliphatic imine (C=N–C) groups is 2. The van der Waals surface area contributed by atoms with E-state index in [1.807, 2.05) is 37.3 Å². The summed E-state index contributed by atoms with van der Waals surface area (Å²) >= 11 is 2.21. The van der Waals surface area contributed by atoms with Gasteiger partial charge in [0.15, 0.2) is 0 Å². The van der Waals surface area contributed by atoms with Gasteiger partial charge in [0.05, 0.1) is 69.0 Å². The lowest BCUT2D eigenvalue weighted by Gasteiger charge is -2.29. The molecule has 1 fully saturated rings. The number of carbonyl (C=O) groups is 3. The molecule has 2 heterocycles. The highest BCUT2D eigenvalue weighted by Crippen LogP contribution is 2.52. The lowest BCUT2D eigenvalue weighted by molar-refractivity contribution is -0.152. The van der Waals surface area contributed by atoms with E-state index in [1.165, 1.54) is 20.0 Å². The number of carbonyl (C=O) groups excluding carboxylic acids is 3. The first kappa shape index (κ1) is 80.8. The van der Waals surface area contributed by atoms with Gasteiger partial charge in [-0.2, -0.15) is 5.09 Å². The minimum Gasteiger partial charge on any atom is -0.506 e. The number of allylic oxidation sites excluding steroid dienone is 2. The maximum absolute atomic E-state index is 15.3. The fraction of sp³-hybridized carbons (Fsp3) is 0.500. The number of aryl methyl sites for hydroxylation is 1. The molecule has 9 N–H and O–H groups in total. The van der Waals surface area contributed by atoms with E-state index in [0.717, 1.165) is 14.7 Å². The summed E-state index contributed by atoms with van der Waals surface area (Å²) in [5.41, 5.74) is 5.20. The van der Waals surface area contributed by atoms with E-state index in [4.69, 9.17) is 37.0 Å². The summed E-state index contributed by atoms with van der Waals surface area (Å²) in [7, 11) is -11.3. The number of aromatic hydroxyl groups is 1. The number of hydrogen-bond donors (Lipinski definition) is 9. The Kier molecular flexibility index (Phi) is 31.8. The third-order valence-corrected chi connectivity index (χ3v) is 21.2. The Hall–Kier alpha value is -6.16. The van der Waals surface area contributed by atoms with E-state index in [1.54, 1.807) is 85.7 Å². The van der Waals surface area contributed by atoms with Gasteiger partial charge in [0.2, 0.25) is 0 Å². The summed E-state index contributed by atoms with van der Waals surface area (Å²) in [5, 5.41) is 71.3. The third kappa shape index (κ3) is 22.9. The molecule has 26 nitrogen and oxygen atoms in total. The molecule has 30 heteroatoms. The number of rotatable bonds is 38. The predicted molar refractivity (Wildman–Crippen MR) is 380 cm³/mol. The molecule has 10 atom stereocenters. The number of pyridine rings is 1. The van der Waals surface area contributed by atoms with Gasteiger partial charge in [0.1, 0.15) is 59.6 Å². The second kappa shape index (κ2) is 38.6. The Balaban J connectivity index is 1.35. The van der Waals surface area contributed by atoms with E-state index < -0.39 is 116 Å². The van der Waals surface area contributed by atoms with Crippen LogP contribution >= 0.6 is 46.7 Å². The number of aliphatic hydroxyl groups is 5. The zero-order chi connectivity index (χ0) is 72.1. The summed E-state index contributed by atoms with van der Waals surface area (Å²) in [4.78, 5) is 54.7. The van der Waals surface area contributed by atoms with Gasteiger partial charge < -0.3 is 63.2 Å². The summed E-state index contributed by atoms with van der Waals surface area (Å²) in [6.45, 7) is 18.9. The van der Waals surface area contributed by atoms with Crippen LogP contribution in [0.1, 0.15) is 139 Å². The minimum absolute atomic E-state index is 0.0179. The van der Waals surface area contributed by atoms with Crippen LogP contribution in [0.2, 0.25) is 0 Å². The molecular formula is C68H94IN6O20P3. The van der Waals surface area contributed by atoms with Gasteiger partial charge in [0.25, 0.3) is 16.4 Å². The molecule has 4 aromatic rings. The van der Waals surface area contributed by atoms with Crippen LogP contribution in [-0.2, 0) is 94.9 Å². The van der Waals surface area contributed by atoms with E-state index in [9.17, 15) is 49.4 Å². The van der Waals surface area contributed by atoms with Crippen LogP contribution in [0.5, 0.6) is 17.2 Å². The Morgan fingerprint density at radius 1 is 0.827 bits per heavy atom. The van der Waals surface area contributed by atoms with Gasteiger partial charge in [-0.05, 0) is 195 Å². The van der Waals surface area contributed by atoms with Gasteiger partial charge in [-0.25, -0.2) is 14.7 Å². The number of aromatic nitrogens is 1. The quantitative estimate of drug-likeness (QED) is 0.00383. The number of benzene rings is 3. The molecule has 0 saturated heterocycles. The average molecular weight is 1540 g/mol. The van der Waals surface area contributed by atoms with Crippen LogP contribution in [0.3, 0.4) is 0 Å². The zero-order valence-electron chi connectivity index (χ0n) is 57.2. The molecule has 0 amide bonds. The standard InChI is InChI=1S/C68H94IN6O20P3/c1-13-54-58(69)23-24-60(95-98(87,75-45(11)66(82)92-38(2)3)91-37-52-30-72-44(10)65(81)57(52)33-78)61(54)48-19-20-49(26-48)62(74-97(86)90-36-51-29-71-43(9)64(80)56(51)32-77)68(84)94-41(7)25-50-27-53(88-35-46-17-15-14-16-18-46)22-21-47(50)28-59(67(83)93-39(4)5)73-96(85)89-34-40(6)55(31-76)63(79)42(8)70-12/h14-18,21-24,27,29,38-39,41,45,48-49,52,59,62,76-81,96-97H,12-13,19-20,25-26,28,30-37H2,1-11H3,(H,73,85)(H,74,86)(H,75,87)/b55-40+,63-42+/t41?,45-,48?,49?,52?,59-,62-,98?/m0/s1. The topological polar surface area (TPSA) is 371 Å². The number of esters is 3. The monoisotopic (exact) mass is 1530 g/mol. The number of dihydropyridines is 1. The van der Waals surface area contributed by atoms with E-state index >= 15 is 9.36 Å². The average Bonchev–Trinajstić information content (AvgIpc) is 1.41. The molecule has 2 aliphatic rings. The predicted octanol–water partition coefficient (Wildman–Crippen LogP) is 10.9. The number of hydrogen-bond acceptors (Lipinski definition) is 23. The van der Waals surface area contributed by atoms with Gasteiger partial charge >= 0.3 is 25.7 Å². The van der Waals surface area contributed by atoms with Crippen molar-refractivity contribution in [1.29, 1.82) is 0 Å². The van der Waals surface area contributed by atoms with E-state index in [-0.39, 0.29) is 109 Å². The maximum atomic E-state index is 15.3. The first-order valence-corrected chi connectivity index (χ1v) is 37.6. The Morgan fingerprint density at radius 3 is 2.17 bits per heavy atom. The van der Waals surface area contributed by atoms with Crippen LogP contribution in [0, 0.1) is 22.3 Å². The van der Waals surface area contributed by atoms with Crippen molar-refractivity contribution in [2.24, 2.45) is 21.8 Å². The van der Waals surface area contributed by atoms with Gasteiger partial charge in [-0.3, -0.25) is 43.0 Å². The van der Waals surface area contributed by atoms with E-state index in [2.05, 4.69) is 59.5 Å². The molecule has 3 aromatic carbocycles. The van der Waals surface area contributed by atoms with E-state index in [0.29, 0.717) is 53.0 Å². The molecule has 0 bridgehead atoms. The molecule has 0 radical (unpaired) electrons. The summed E-state index contributed by atoms with van der Waals surface area (Å²) < 4.78 is 92.2. The van der Waals surface area contributed by atoms with Crippen LogP contribution < -0.4 is 24.5 Å². The fourth-order valence-electron chi connectivity index (χ4n) is 11.3. The molecule has 1 aliphatic carbocycles. The smallest absolute Gasteiger partial charge is 0.459 e. The highest BCUT2D eigenvalue weighted by molar-refractivity contribution is 14.1. The minimum atomic E-state index is -4.61. The van der Waals surface area contributed by atoms with Crippen LogP contribution in [0.15, 0.2) is 111 Å². The van der Waals surface area contributed by atoms with Crippen LogP contribution in [-0.4, -0.2) is 135 Å². The molecule has 7 unspecified atom stereocenters. The lowest BCUT2D eigenvalue weighted by Crippen LogP contribution is -2.41. The van der Waals surface area contributed by atoms with Crippen molar-refractivity contribution in [3.8, 4) is 17.2 Å². The normalized spacial score (nSPS) is 18.7. The molecule has 1 aliphatic heterocycles. The Bertz CT molecular complexity index is 3680. The van der Waals surface area contributed by atoms with Gasteiger partial charge in [-0.15, -0.1) is 0 Å². The second-order valence-corrected chi connectivity index (χ2v) is 29.8. The second-order valence-electron chi connectivity index (χ2n) is 24.6. The maximum Gasteiger partial charge on any atom is 0.459 e. The highest BCUT2D eigenvalue weighted by Gasteiger charge is 2.42. The van der Waals surface area contributed by atoms with Crippen molar-refractivity contribution in [3.05, 3.63) is 149 Å². The number of ether oxygens (including phenoxy) is 4.